The summed E-state index contributed by atoms with van der Waals surface area (Å²) in [6.07, 6.45) is 2.74. The first-order chi connectivity index (χ1) is 17.2. The highest BCUT2D eigenvalue weighted by Crippen LogP contribution is 2.40. The Hall–Kier alpha value is -3.70. The van der Waals surface area contributed by atoms with Crippen LogP contribution in [0, 0.1) is 19.3 Å². The normalized spacial score (nSPS) is 12.1. The van der Waals surface area contributed by atoms with Crippen LogP contribution in [0.2, 0.25) is 0 Å². The van der Waals surface area contributed by atoms with Gasteiger partial charge in [0.15, 0.2) is 0 Å². The van der Waals surface area contributed by atoms with E-state index in [1.807, 2.05) is 13.8 Å². The molecular weight excluding hydrogens is 460 g/mol. The first kappa shape index (κ1) is 22.7. The number of hydrogen-bond donors (Lipinski definition) is 0. The molecule has 3 aromatic carbocycles. The third-order valence-electron chi connectivity index (χ3n) is 6.43. The van der Waals surface area contributed by atoms with Gasteiger partial charge in [-0.1, -0.05) is 57.2 Å². The smallest absolute Gasteiger partial charge is 0.126 e. The molecule has 0 saturated heterocycles. The van der Waals surface area contributed by atoms with Crippen LogP contribution in [0.25, 0.3) is 53.6 Å². The maximum atomic E-state index is 4.80. The van der Waals surface area contributed by atoms with Crippen molar-refractivity contribution in [1.29, 1.82) is 0 Å². The maximum Gasteiger partial charge on any atom is 0.126 e. The Bertz CT molecular complexity index is 1760. The lowest BCUT2D eigenvalue weighted by Gasteiger charge is -2.17. The van der Waals surface area contributed by atoms with Gasteiger partial charge in [0.05, 0.1) is 21.6 Å². The molecule has 0 unspecified atom stereocenters. The fraction of sp³-hybridized carbons (Fsp3) is 0.226. The van der Waals surface area contributed by atoms with E-state index in [1.165, 1.54) is 26.4 Å². The second-order valence-corrected chi connectivity index (χ2v) is 11.8. The summed E-state index contributed by atoms with van der Waals surface area (Å²) in [6.45, 7) is 10.8. The van der Waals surface area contributed by atoms with E-state index < -0.39 is 0 Å². The third kappa shape index (κ3) is 4.14. The summed E-state index contributed by atoms with van der Waals surface area (Å²) < 4.78 is 2.38. The Morgan fingerprint density at radius 1 is 0.833 bits per heavy atom. The van der Waals surface area contributed by atoms with Crippen molar-refractivity contribution >= 4 is 42.4 Å². The zero-order valence-electron chi connectivity index (χ0n) is 21.3. The molecule has 5 heteroatoms. The summed E-state index contributed by atoms with van der Waals surface area (Å²) >= 11 is 1.78. The first-order valence-electron chi connectivity index (χ1n) is 12.3. The number of aryl methyl sites for hydroxylation is 2. The molecule has 6 rings (SSSR count). The van der Waals surface area contributed by atoms with E-state index in [0.717, 1.165) is 50.7 Å². The highest BCUT2D eigenvalue weighted by molar-refractivity contribution is 7.26. The van der Waals surface area contributed by atoms with E-state index in [-0.39, 0.29) is 5.41 Å². The molecule has 0 atom stereocenters. The molecule has 6 aromatic rings. The minimum atomic E-state index is 0.245. The Balaban J connectivity index is 1.58. The van der Waals surface area contributed by atoms with Crippen LogP contribution in [-0.2, 0) is 6.42 Å². The topological polar surface area (TPSA) is 51.6 Å². The van der Waals surface area contributed by atoms with Gasteiger partial charge in [0.1, 0.15) is 12.2 Å². The molecule has 0 N–H and O–H groups in total. The van der Waals surface area contributed by atoms with Gasteiger partial charge in [0.25, 0.3) is 0 Å². The molecule has 0 aliphatic carbocycles. The molecule has 0 radical (unpaired) electrons. The standard InChI is InChI=1S/C31H28N4S/c1-18-12-26(35-19(2)34-18)25-15-22(14-21-8-6-7-9-23(21)25)28-30-29(33-17-32-28)24-11-10-20(13-27(24)36-30)16-31(3,4)5/h6-15,17H,16H2,1-5H3. The first-order valence-corrected chi connectivity index (χ1v) is 13.1. The zero-order chi connectivity index (χ0) is 25.0. The van der Waals surface area contributed by atoms with Gasteiger partial charge in [-0.25, -0.2) is 19.9 Å². The summed E-state index contributed by atoms with van der Waals surface area (Å²) in [4.78, 5) is 18.8. The van der Waals surface area contributed by atoms with Crippen molar-refractivity contribution in [2.24, 2.45) is 5.41 Å². The van der Waals surface area contributed by atoms with Crippen LogP contribution in [0.3, 0.4) is 0 Å². The predicted octanol–water partition coefficient (Wildman–Crippen LogP) is 8.33. The third-order valence-corrected chi connectivity index (χ3v) is 7.58. The molecule has 3 aromatic heterocycles. The number of thiophene rings is 1. The second kappa shape index (κ2) is 8.45. The van der Waals surface area contributed by atoms with Crippen molar-refractivity contribution in [1.82, 2.24) is 19.9 Å². The van der Waals surface area contributed by atoms with Crippen LogP contribution in [-0.4, -0.2) is 19.9 Å². The van der Waals surface area contributed by atoms with Gasteiger partial charge >= 0.3 is 0 Å². The molecule has 0 fully saturated rings. The molecule has 0 aliphatic heterocycles. The van der Waals surface area contributed by atoms with Crippen molar-refractivity contribution < 1.29 is 0 Å². The van der Waals surface area contributed by atoms with Crippen molar-refractivity contribution in [3.05, 3.63) is 84.1 Å². The summed E-state index contributed by atoms with van der Waals surface area (Å²) in [5.41, 5.74) is 7.66. The molecule has 0 aliphatic rings. The highest BCUT2D eigenvalue weighted by Gasteiger charge is 2.17. The number of fused-ring (bicyclic) bond motifs is 4. The number of rotatable bonds is 3. The van der Waals surface area contributed by atoms with Gasteiger partial charge in [-0.15, -0.1) is 11.3 Å². The fourth-order valence-corrected chi connectivity index (χ4v) is 6.29. The van der Waals surface area contributed by atoms with Gasteiger partial charge in [0.2, 0.25) is 0 Å². The van der Waals surface area contributed by atoms with Crippen molar-refractivity contribution in [3.8, 4) is 22.5 Å². The quantitative estimate of drug-likeness (QED) is 0.251. The maximum absolute atomic E-state index is 4.80. The Morgan fingerprint density at radius 3 is 2.47 bits per heavy atom. The van der Waals surface area contributed by atoms with Crippen molar-refractivity contribution in [2.45, 2.75) is 41.0 Å². The number of hydrogen-bond acceptors (Lipinski definition) is 5. The van der Waals surface area contributed by atoms with E-state index in [4.69, 9.17) is 15.0 Å². The van der Waals surface area contributed by atoms with Gasteiger partial charge in [0, 0.05) is 26.9 Å². The SMILES string of the molecule is Cc1cc(-c2cc(-c3ncnc4c3sc3cc(CC(C)(C)C)ccc34)cc3ccccc23)nc(C)n1. The monoisotopic (exact) mass is 488 g/mol. The lowest BCUT2D eigenvalue weighted by atomic mass is 9.88. The number of aromatic nitrogens is 4. The van der Waals surface area contributed by atoms with E-state index in [2.05, 4.69) is 86.4 Å². The lowest BCUT2D eigenvalue weighted by Crippen LogP contribution is -2.08. The largest absolute Gasteiger partial charge is 0.239 e. The summed E-state index contributed by atoms with van der Waals surface area (Å²) in [7, 11) is 0. The average molecular weight is 489 g/mol. The van der Waals surface area contributed by atoms with Crippen molar-refractivity contribution in [3.63, 3.8) is 0 Å². The molecule has 3 heterocycles. The Morgan fingerprint density at radius 2 is 1.67 bits per heavy atom. The van der Waals surface area contributed by atoms with Crippen LogP contribution in [0.1, 0.15) is 37.9 Å². The molecule has 4 nitrogen and oxygen atoms in total. The highest BCUT2D eigenvalue weighted by atomic mass is 32.1. The van der Waals surface area contributed by atoms with Crippen LogP contribution in [0.4, 0.5) is 0 Å². The van der Waals surface area contributed by atoms with E-state index >= 15 is 0 Å². The van der Waals surface area contributed by atoms with Gasteiger partial charge in [-0.2, -0.15) is 0 Å². The molecule has 0 saturated carbocycles. The number of nitrogens with zero attached hydrogens (tertiary/aromatic N) is 4. The van der Waals surface area contributed by atoms with Crippen LogP contribution in [0.5, 0.6) is 0 Å². The van der Waals surface area contributed by atoms with Crippen LogP contribution >= 0.6 is 11.3 Å². The number of benzene rings is 3. The van der Waals surface area contributed by atoms with E-state index in [1.54, 1.807) is 17.7 Å². The molecular formula is C31H28N4S. The summed E-state index contributed by atoms with van der Waals surface area (Å²) in [5, 5.41) is 3.53. The average Bonchev–Trinajstić information content (AvgIpc) is 3.19. The van der Waals surface area contributed by atoms with Crippen LogP contribution < -0.4 is 0 Å². The van der Waals surface area contributed by atoms with Gasteiger partial charge in [-0.3, -0.25) is 0 Å². The predicted molar refractivity (Wildman–Crippen MR) is 152 cm³/mol. The minimum absolute atomic E-state index is 0.245. The molecule has 0 spiro atoms. The molecule has 0 amide bonds. The lowest BCUT2D eigenvalue weighted by molar-refractivity contribution is 0.411. The molecule has 178 valence electrons. The van der Waals surface area contributed by atoms with E-state index in [9.17, 15) is 0 Å². The fourth-order valence-electron chi connectivity index (χ4n) is 5.06. The second-order valence-electron chi connectivity index (χ2n) is 10.8. The molecule has 36 heavy (non-hydrogen) atoms. The Kier molecular flexibility index (Phi) is 5.34. The zero-order valence-corrected chi connectivity index (χ0v) is 22.1. The molecule has 0 bridgehead atoms. The van der Waals surface area contributed by atoms with Crippen molar-refractivity contribution in [2.75, 3.05) is 0 Å². The summed E-state index contributed by atoms with van der Waals surface area (Å²) in [5.74, 6) is 0.777. The van der Waals surface area contributed by atoms with E-state index in [0.29, 0.717) is 0 Å². The van der Waals surface area contributed by atoms with Crippen LogP contribution in [0.15, 0.2) is 67.0 Å². The Labute approximate surface area is 215 Å². The summed E-state index contributed by atoms with van der Waals surface area (Å²) in [6, 6.07) is 21.8. The minimum Gasteiger partial charge on any atom is -0.239 e. The van der Waals surface area contributed by atoms with Gasteiger partial charge < -0.3 is 0 Å². The van der Waals surface area contributed by atoms with Gasteiger partial charge in [-0.05, 0) is 66.3 Å².